The number of amides is 1. The van der Waals surface area contributed by atoms with Crippen LogP contribution in [0.5, 0.6) is 0 Å². The van der Waals surface area contributed by atoms with Crippen LogP contribution in [0.25, 0.3) is 0 Å². The van der Waals surface area contributed by atoms with Crippen LogP contribution < -0.4 is 5.32 Å². The molecule has 0 aromatic carbocycles. The van der Waals surface area contributed by atoms with Gasteiger partial charge in [-0.1, -0.05) is 13.8 Å². The molecule has 0 aromatic heterocycles. The highest BCUT2D eigenvalue weighted by molar-refractivity contribution is 5.89. The second-order valence-corrected chi connectivity index (χ2v) is 3.05. The summed E-state index contributed by atoms with van der Waals surface area (Å²) >= 11 is 0. The number of nitrogens with one attached hydrogen (secondary N) is 1. The maximum atomic E-state index is 11.3. The van der Waals surface area contributed by atoms with Gasteiger partial charge in [-0.05, 0) is 13.3 Å². The third kappa shape index (κ3) is 3.51. The van der Waals surface area contributed by atoms with Gasteiger partial charge in [-0.15, -0.1) is 0 Å². The van der Waals surface area contributed by atoms with Crippen molar-refractivity contribution in [2.24, 2.45) is 5.92 Å². The molecule has 0 saturated heterocycles. The Bertz CT molecular complexity index is 175. The molecule has 3 heteroatoms. The minimum atomic E-state index is -0.525. The number of rotatable bonds is 4. The third-order valence-corrected chi connectivity index (χ3v) is 1.53. The fourth-order valence-corrected chi connectivity index (χ4v) is 0.894. The maximum Gasteiger partial charge on any atom is 0.217 e. The Morgan fingerprint density at radius 2 is 1.92 bits per heavy atom. The first-order chi connectivity index (χ1) is 5.49. The highest BCUT2D eigenvalue weighted by atomic mass is 16.2. The number of carbonyl (C=O) groups excluding carboxylic acids is 2. The lowest BCUT2D eigenvalue weighted by Gasteiger charge is -2.16. The summed E-state index contributed by atoms with van der Waals surface area (Å²) in [7, 11) is 0. The van der Waals surface area contributed by atoms with Gasteiger partial charge in [-0.2, -0.15) is 0 Å². The Kier molecular flexibility index (Phi) is 4.55. The molecule has 0 spiro atoms. The zero-order valence-corrected chi connectivity index (χ0v) is 7.76. The van der Waals surface area contributed by atoms with Crippen LogP contribution in [-0.2, 0) is 9.59 Å². The van der Waals surface area contributed by atoms with Gasteiger partial charge in [-0.3, -0.25) is 9.59 Å². The van der Waals surface area contributed by atoms with E-state index in [1.807, 2.05) is 0 Å². The van der Waals surface area contributed by atoms with Gasteiger partial charge >= 0.3 is 0 Å². The van der Waals surface area contributed by atoms with E-state index in [4.69, 9.17) is 6.92 Å². The van der Waals surface area contributed by atoms with Gasteiger partial charge in [0.1, 0.15) is 0 Å². The van der Waals surface area contributed by atoms with E-state index in [1.54, 1.807) is 13.8 Å². The Morgan fingerprint density at radius 3 is 2.17 bits per heavy atom. The number of Topliss-reactive ketones (excluding diaryl/α,β-unsaturated/α-hetero) is 1. The van der Waals surface area contributed by atoms with Gasteiger partial charge < -0.3 is 5.32 Å². The molecule has 0 fully saturated rings. The van der Waals surface area contributed by atoms with Crippen molar-refractivity contribution in [3.8, 4) is 0 Å². The van der Waals surface area contributed by atoms with Gasteiger partial charge in [0.25, 0.3) is 0 Å². The molecule has 0 aliphatic rings. The van der Waals surface area contributed by atoms with Crippen LogP contribution >= 0.6 is 0 Å². The average molecular weight is 169 g/mol. The molecule has 0 aliphatic carbocycles. The first kappa shape index (κ1) is 11.1. The summed E-state index contributed by atoms with van der Waals surface area (Å²) in [6, 6.07) is -0.525. The molecule has 68 valence electrons. The second kappa shape index (κ2) is 4.91. The lowest BCUT2D eigenvalue weighted by molar-refractivity contribution is -0.128. The van der Waals surface area contributed by atoms with E-state index < -0.39 is 6.04 Å². The predicted molar refractivity (Wildman–Crippen MR) is 46.4 cm³/mol. The van der Waals surface area contributed by atoms with Crippen LogP contribution in [0.2, 0.25) is 0 Å². The van der Waals surface area contributed by atoms with Crippen LogP contribution in [-0.4, -0.2) is 17.7 Å². The van der Waals surface area contributed by atoms with E-state index in [0.29, 0.717) is 0 Å². The summed E-state index contributed by atoms with van der Waals surface area (Å²) in [6.45, 7) is 10.3. The van der Waals surface area contributed by atoms with E-state index in [9.17, 15) is 9.59 Å². The smallest absolute Gasteiger partial charge is 0.217 e. The fourth-order valence-electron chi connectivity index (χ4n) is 0.894. The molecule has 0 unspecified atom stereocenters. The first-order valence-electron chi connectivity index (χ1n) is 4.00. The van der Waals surface area contributed by atoms with Gasteiger partial charge in [-0.25, -0.2) is 0 Å². The Morgan fingerprint density at radius 1 is 1.42 bits per heavy atom. The fraction of sp³-hybridized carbons (Fsp3) is 0.667. The molecule has 2 radical (unpaired) electrons. The summed E-state index contributed by atoms with van der Waals surface area (Å²) in [4.78, 5) is 21.9. The summed E-state index contributed by atoms with van der Waals surface area (Å²) in [5.74, 6) is -0.336. The predicted octanol–water partition coefficient (Wildman–Crippen LogP) is 0.817. The molecular formula is C9H15NO2. The van der Waals surface area contributed by atoms with Gasteiger partial charge in [0, 0.05) is 12.8 Å². The molecule has 0 rings (SSSR count). The first-order valence-corrected chi connectivity index (χ1v) is 4.00. The topological polar surface area (TPSA) is 46.2 Å². The highest BCUT2D eigenvalue weighted by Gasteiger charge is 2.19. The van der Waals surface area contributed by atoms with Crippen LogP contribution in [0, 0.1) is 12.8 Å². The molecule has 0 aromatic rings. The molecule has 0 bridgehead atoms. The van der Waals surface area contributed by atoms with E-state index in [-0.39, 0.29) is 24.0 Å². The highest BCUT2D eigenvalue weighted by Crippen LogP contribution is 2.02. The zero-order chi connectivity index (χ0) is 9.72. The number of carbonyl (C=O) groups is 2. The Balaban J connectivity index is 4.15. The zero-order valence-electron chi connectivity index (χ0n) is 7.76. The van der Waals surface area contributed by atoms with Crippen molar-refractivity contribution in [2.45, 2.75) is 33.2 Å². The number of ketones is 1. The van der Waals surface area contributed by atoms with Crippen molar-refractivity contribution < 1.29 is 9.59 Å². The van der Waals surface area contributed by atoms with E-state index in [1.165, 1.54) is 6.92 Å². The minimum Gasteiger partial charge on any atom is -0.347 e. The molecule has 0 saturated carbocycles. The Labute approximate surface area is 73.5 Å². The number of hydrogen-bond donors (Lipinski definition) is 1. The van der Waals surface area contributed by atoms with E-state index in [2.05, 4.69) is 5.32 Å². The summed E-state index contributed by atoms with van der Waals surface area (Å²) in [6.07, 6.45) is 0.163. The quantitative estimate of drug-likeness (QED) is 0.677. The SMILES string of the molecule is [CH]C[C@H](NC(C)=O)C(=O)C(C)C. The van der Waals surface area contributed by atoms with Crippen LogP contribution in [0.15, 0.2) is 0 Å². The van der Waals surface area contributed by atoms with E-state index >= 15 is 0 Å². The van der Waals surface area contributed by atoms with Crippen molar-refractivity contribution >= 4 is 11.7 Å². The normalized spacial score (nSPS) is 12.8. The van der Waals surface area contributed by atoms with E-state index in [0.717, 1.165) is 0 Å². The van der Waals surface area contributed by atoms with Crippen LogP contribution in [0.3, 0.4) is 0 Å². The van der Waals surface area contributed by atoms with Crippen molar-refractivity contribution in [2.75, 3.05) is 0 Å². The average Bonchev–Trinajstić information content (AvgIpc) is 1.98. The molecule has 0 heterocycles. The minimum absolute atomic E-state index is 0.0206. The van der Waals surface area contributed by atoms with Crippen molar-refractivity contribution in [3.63, 3.8) is 0 Å². The maximum absolute atomic E-state index is 11.3. The van der Waals surface area contributed by atoms with Crippen molar-refractivity contribution in [1.82, 2.24) is 5.32 Å². The monoisotopic (exact) mass is 169 g/mol. The molecule has 1 N–H and O–H groups in total. The summed E-state index contributed by atoms with van der Waals surface area (Å²) in [5.41, 5.74) is 0. The molecule has 0 aliphatic heterocycles. The Hall–Kier alpha value is -0.860. The summed E-state index contributed by atoms with van der Waals surface area (Å²) < 4.78 is 0. The van der Waals surface area contributed by atoms with Crippen molar-refractivity contribution in [3.05, 3.63) is 6.92 Å². The van der Waals surface area contributed by atoms with Crippen LogP contribution in [0.4, 0.5) is 0 Å². The van der Waals surface area contributed by atoms with Crippen molar-refractivity contribution in [1.29, 1.82) is 0 Å². The van der Waals surface area contributed by atoms with Gasteiger partial charge in [0.2, 0.25) is 5.91 Å². The molecular weight excluding hydrogens is 154 g/mol. The molecule has 1 atom stereocenters. The lowest BCUT2D eigenvalue weighted by atomic mass is 10.00. The van der Waals surface area contributed by atoms with Crippen LogP contribution in [0.1, 0.15) is 27.2 Å². The lowest BCUT2D eigenvalue weighted by Crippen LogP contribution is -2.41. The molecule has 12 heavy (non-hydrogen) atoms. The van der Waals surface area contributed by atoms with Gasteiger partial charge in [0.15, 0.2) is 5.78 Å². The third-order valence-electron chi connectivity index (χ3n) is 1.53. The molecule has 1 amide bonds. The molecule has 3 nitrogen and oxygen atoms in total. The standard InChI is InChI=1S/C9H15NO2/c1-5-8(10-7(4)11)9(12)6(2)3/h1,6,8H,5H2,2-4H3,(H,10,11)/t8-/m0/s1. The summed E-state index contributed by atoms with van der Waals surface area (Å²) in [5, 5.41) is 2.50. The largest absolute Gasteiger partial charge is 0.347 e. The second-order valence-electron chi connectivity index (χ2n) is 3.05. The number of hydrogen-bond acceptors (Lipinski definition) is 2. The van der Waals surface area contributed by atoms with Gasteiger partial charge in [0.05, 0.1) is 6.04 Å².